The van der Waals surface area contributed by atoms with Crippen molar-refractivity contribution in [1.29, 1.82) is 0 Å². The first kappa shape index (κ1) is 31.3. The van der Waals surface area contributed by atoms with Crippen molar-refractivity contribution in [3.05, 3.63) is 106 Å². The molecule has 11 heteroatoms. The van der Waals surface area contributed by atoms with Crippen LogP contribution < -0.4 is 9.62 Å². The molecule has 2 amide bonds. The van der Waals surface area contributed by atoms with Crippen LogP contribution in [0.1, 0.15) is 37.0 Å². The van der Waals surface area contributed by atoms with Gasteiger partial charge in [-0.3, -0.25) is 24.0 Å². The number of carbonyl (C=O) groups excluding carboxylic acids is 2. The summed E-state index contributed by atoms with van der Waals surface area (Å²) in [6.07, 6.45) is 1.83. The summed E-state index contributed by atoms with van der Waals surface area (Å²) < 4.78 is 26.8. The van der Waals surface area contributed by atoms with Crippen LogP contribution in [0.25, 0.3) is 0 Å². The third kappa shape index (κ3) is 8.62. The van der Waals surface area contributed by atoms with Gasteiger partial charge in [0.25, 0.3) is 5.69 Å². The minimum absolute atomic E-state index is 0.0263. The second kappa shape index (κ2) is 13.9. The monoisotopic (exact) mass is 580 g/mol. The van der Waals surface area contributed by atoms with E-state index in [0.29, 0.717) is 12.0 Å². The smallest absolute Gasteiger partial charge is 0.271 e. The van der Waals surface area contributed by atoms with Crippen molar-refractivity contribution in [1.82, 2.24) is 10.2 Å². The zero-order valence-corrected chi connectivity index (χ0v) is 24.5. The van der Waals surface area contributed by atoms with E-state index in [-0.39, 0.29) is 36.3 Å². The number of nitrogens with one attached hydrogen (secondary N) is 1. The molecule has 1 N–H and O–H groups in total. The summed E-state index contributed by atoms with van der Waals surface area (Å²) in [5.74, 6) is -0.977. The molecule has 2 atom stereocenters. The molecule has 3 aromatic carbocycles. The molecule has 0 aliphatic carbocycles. The van der Waals surface area contributed by atoms with Gasteiger partial charge in [0.2, 0.25) is 21.8 Å². The number of carbonyl (C=O) groups is 2. The van der Waals surface area contributed by atoms with Crippen molar-refractivity contribution < 1.29 is 22.9 Å². The van der Waals surface area contributed by atoms with Crippen LogP contribution in [0.5, 0.6) is 0 Å². The highest BCUT2D eigenvalue weighted by Gasteiger charge is 2.34. The molecular weight excluding hydrogens is 544 g/mol. The average Bonchev–Trinajstić information content (AvgIpc) is 2.94. The first-order chi connectivity index (χ1) is 19.4. The molecule has 0 spiro atoms. The molecule has 0 aromatic heterocycles. The maximum Gasteiger partial charge on any atom is 0.271 e. The number of nitro benzene ring substituents is 1. The Morgan fingerprint density at radius 3 is 2.10 bits per heavy atom. The number of nitro groups is 1. The molecule has 0 fully saturated rings. The molecular formula is C30H36N4O6S. The van der Waals surface area contributed by atoms with Gasteiger partial charge >= 0.3 is 0 Å². The molecule has 3 rings (SSSR count). The van der Waals surface area contributed by atoms with Gasteiger partial charge in [-0.1, -0.05) is 73.7 Å². The van der Waals surface area contributed by atoms with Gasteiger partial charge < -0.3 is 10.2 Å². The molecule has 0 aliphatic rings. The lowest BCUT2D eigenvalue weighted by Crippen LogP contribution is -2.54. The Bertz CT molecular complexity index is 1460. The van der Waals surface area contributed by atoms with Crippen LogP contribution in [0.4, 0.5) is 11.4 Å². The predicted octanol–water partition coefficient (Wildman–Crippen LogP) is 4.22. The Hall–Kier alpha value is -4.25. The maximum atomic E-state index is 14.1. The third-order valence-electron chi connectivity index (χ3n) is 6.82. The molecule has 0 saturated carbocycles. The Morgan fingerprint density at radius 2 is 1.56 bits per heavy atom. The van der Waals surface area contributed by atoms with Crippen molar-refractivity contribution >= 4 is 33.2 Å². The largest absolute Gasteiger partial charge is 0.352 e. The number of aryl methyl sites for hydroxylation is 1. The molecule has 10 nitrogen and oxygen atoms in total. The fraction of sp³-hybridized carbons (Fsp3) is 0.333. The number of sulfonamides is 1. The number of benzene rings is 3. The number of rotatable bonds is 13. The van der Waals surface area contributed by atoms with E-state index in [4.69, 9.17) is 0 Å². The predicted molar refractivity (Wildman–Crippen MR) is 159 cm³/mol. The van der Waals surface area contributed by atoms with Gasteiger partial charge in [0.1, 0.15) is 12.6 Å². The molecule has 41 heavy (non-hydrogen) atoms. The van der Waals surface area contributed by atoms with E-state index in [1.54, 1.807) is 6.92 Å². The van der Waals surface area contributed by atoms with Crippen molar-refractivity contribution in [3.8, 4) is 0 Å². The Balaban J connectivity index is 2.09. The van der Waals surface area contributed by atoms with Crippen LogP contribution >= 0.6 is 0 Å². The first-order valence-electron chi connectivity index (χ1n) is 13.3. The van der Waals surface area contributed by atoms with Crippen LogP contribution in [0.15, 0.2) is 78.9 Å². The van der Waals surface area contributed by atoms with Crippen molar-refractivity contribution in [2.75, 3.05) is 17.1 Å². The highest BCUT2D eigenvalue weighted by molar-refractivity contribution is 7.92. The Labute approximate surface area is 241 Å². The maximum absolute atomic E-state index is 14.1. The molecule has 0 bridgehead atoms. The number of hydrogen-bond acceptors (Lipinski definition) is 6. The quantitative estimate of drug-likeness (QED) is 0.238. The van der Waals surface area contributed by atoms with Crippen LogP contribution in [0, 0.1) is 17.0 Å². The second-order valence-corrected chi connectivity index (χ2v) is 11.9. The average molecular weight is 581 g/mol. The summed E-state index contributed by atoms with van der Waals surface area (Å²) in [6.45, 7) is 4.83. The van der Waals surface area contributed by atoms with Crippen molar-refractivity contribution in [2.45, 2.75) is 52.2 Å². The summed E-state index contributed by atoms with van der Waals surface area (Å²) >= 11 is 0. The summed E-state index contributed by atoms with van der Waals surface area (Å²) in [5.41, 5.74) is 1.75. The summed E-state index contributed by atoms with van der Waals surface area (Å²) in [4.78, 5) is 40.0. The molecule has 2 unspecified atom stereocenters. The van der Waals surface area contributed by atoms with Crippen molar-refractivity contribution in [3.63, 3.8) is 0 Å². The molecule has 0 aliphatic heterocycles. The van der Waals surface area contributed by atoms with Gasteiger partial charge in [-0.15, -0.1) is 0 Å². The second-order valence-electron chi connectivity index (χ2n) is 10.0. The minimum Gasteiger partial charge on any atom is -0.352 e. The lowest BCUT2D eigenvalue weighted by molar-refractivity contribution is -0.384. The number of anilines is 1. The van der Waals surface area contributed by atoms with E-state index >= 15 is 0 Å². The fourth-order valence-corrected chi connectivity index (χ4v) is 5.25. The minimum atomic E-state index is -4.05. The van der Waals surface area contributed by atoms with Crippen LogP contribution in [-0.2, 0) is 32.6 Å². The van der Waals surface area contributed by atoms with E-state index < -0.39 is 33.4 Å². The highest BCUT2D eigenvalue weighted by Crippen LogP contribution is 2.28. The topological polar surface area (TPSA) is 130 Å². The zero-order valence-electron chi connectivity index (χ0n) is 23.7. The van der Waals surface area contributed by atoms with Crippen LogP contribution in [0.2, 0.25) is 0 Å². The summed E-state index contributed by atoms with van der Waals surface area (Å²) in [7, 11) is -4.05. The van der Waals surface area contributed by atoms with E-state index in [2.05, 4.69) is 5.32 Å². The zero-order chi connectivity index (χ0) is 30.2. The molecule has 0 heterocycles. The van der Waals surface area contributed by atoms with Gasteiger partial charge in [-0.2, -0.15) is 0 Å². The van der Waals surface area contributed by atoms with Crippen LogP contribution in [0.3, 0.4) is 0 Å². The van der Waals surface area contributed by atoms with Crippen LogP contribution in [-0.4, -0.2) is 54.9 Å². The normalized spacial score (nSPS) is 12.7. The lowest BCUT2D eigenvalue weighted by Gasteiger charge is -2.34. The SMILES string of the molecule is CCC(C)NC(=O)C(Cc1ccccc1)N(Cc1ccccc1)C(=O)CN(c1cc([N+](=O)[O-])ccc1C)S(C)(=O)=O. The number of non-ortho nitro benzene ring substituents is 1. The number of hydrogen-bond donors (Lipinski definition) is 1. The van der Waals surface area contributed by atoms with E-state index in [1.165, 1.54) is 17.0 Å². The van der Waals surface area contributed by atoms with Gasteiger partial charge in [-0.05, 0) is 37.0 Å². The highest BCUT2D eigenvalue weighted by atomic mass is 32.2. The lowest BCUT2D eigenvalue weighted by atomic mass is 10.0. The summed E-state index contributed by atoms with van der Waals surface area (Å²) in [6, 6.07) is 21.2. The summed E-state index contributed by atoms with van der Waals surface area (Å²) in [5, 5.41) is 14.4. The molecule has 0 saturated heterocycles. The fourth-order valence-electron chi connectivity index (χ4n) is 4.35. The van der Waals surface area contributed by atoms with E-state index in [9.17, 15) is 28.1 Å². The van der Waals surface area contributed by atoms with Gasteiger partial charge in [-0.25, -0.2) is 8.42 Å². The standard InChI is InChI=1S/C30H36N4O6S/c1-5-23(3)31-30(36)28(18-24-12-8-6-9-13-24)32(20-25-14-10-7-11-15-25)29(35)21-33(41(4,39)40)27-19-26(34(37)38)17-16-22(27)2/h6-17,19,23,28H,5,18,20-21H2,1-4H3,(H,31,36). The third-order valence-corrected chi connectivity index (χ3v) is 7.95. The Kier molecular flexibility index (Phi) is 10.6. The number of nitrogens with zero attached hydrogens (tertiary/aromatic N) is 3. The first-order valence-corrected chi connectivity index (χ1v) is 15.2. The molecule has 0 radical (unpaired) electrons. The Morgan fingerprint density at radius 1 is 0.976 bits per heavy atom. The van der Waals surface area contributed by atoms with E-state index in [1.807, 2.05) is 74.5 Å². The molecule has 218 valence electrons. The van der Waals surface area contributed by atoms with Gasteiger partial charge in [0.05, 0.1) is 16.9 Å². The molecule has 3 aromatic rings. The van der Waals surface area contributed by atoms with Gasteiger partial charge in [0, 0.05) is 31.1 Å². The van der Waals surface area contributed by atoms with E-state index in [0.717, 1.165) is 27.8 Å². The van der Waals surface area contributed by atoms with Crippen molar-refractivity contribution in [2.24, 2.45) is 0 Å². The number of amides is 2. The van der Waals surface area contributed by atoms with Gasteiger partial charge in [0.15, 0.2) is 0 Å².